The first-order chi connectivity index (χ1) is 7.31. The fraction of sp³-hybridized carbons (Fsp3) is 0.250. The third-order valence-corrected chi connectivity index (χ3v) is 2.15. The van der Waals surface area contributed by atoms with E-state index in [9.17, 15) is 0 Å². The van der Waals surface area contributed by atoms with Crippen LogP contribution in [0.4, 0.5) is 0 Å². The van der Waals surface area contributed by atoms with E-state index >= 15 is 0 Å². The van der Waals surface area contributed by atoms with Gasteiger partial charge in [0.1, 0.15) is 6.17 Å². The highest BCUT2D eigenvalue weighted by Crippen LogP contribution is 2.09. The van der Waals surface area contributed by atoms with Crippen molar-refractivity contribution in [3.63, 3.8) is 0 Å². The Morgan fingerprint density at radius 3 is 2.00 bits per heavy atom. The van der Waals surface area contributed by atoms with E-state index in [0.717, 1.165) is 11.9 Å². The maximum atomic E-state index is 3.15. The van der Waals surface area contributed by atoms with Crippen LogP contribution in [0.15, 0.2) is 36.0 Å². The van der Waals surface area contributed by atoms with Crippen LogP contribution in [0.3, 0.4) is 0 Å². The first kappa shape index (κ1) is 11.8. The van der Waals surface area contributed by atoms with Crippen molar-refractivity contribution in [3.8, 4) is 0 Å². The van der Waals surface area contributed by atoms with Gasteiger partial charge in [-0.3, -0.25) is 10.6 Å². The second-order valence-electron chi connectivity index (χ2n) is 3.09. The van der Waals surface area contributed by atoms with Crippen LogP contribution in [0.25, 0.3) is 6.08 Å². The lowest BCUT2D eigenvalue weighted by Crippen LogP contribution is -2.34. The standard InChI is InChI=1S/C12H18N3/c1-13-11(12(14-2)15-3)9-10-7-5-4-6-8-10/h4-9,13-15H,1-3H3. The third kappa shape index (κ3) is 3.38. The lowest BCUT2D eigenvalue weighted by Gasteiger charge is -2.17. The smallest absolute Gasteiger partial charge is 0.147 e. The maximum Gasteiger partial charge on any atom is 0.147 e. The molecule has 0 amide bonds. The summed E-state index contributed by atoms with van der Waals surface area (Å²) in [5.41, 5.74) is 2.20. The summed E-state index contributed by atoms with van der Waals surface area (Å²) in [5.74, 6) is 0. The maximum absolute atomic E-state index is 3.15. The normalized spacial score (nSPS) is 11.9. The number of hydrogen-bond donors (Lipinski definition) is 3. The summed E-state index contributed by atoms with van der Waals surface area (Å²) in [7, 11) is 5.69. The molecule has 0 fully saturated rings. The van der Waals surface area contributed by atoms with E-state index in [1.54, 1.807) is 0 Å². The first-order valence-corrected chi connectivity index (χ1v) is 4.99. The van der Waals surface area contributed by atoms with Gasteiger partial charge in [0.25, 0.3) is 0 Å². The molecule has 0 aromatic heterocycles. The van der Waals surface area contributed by atoms with Gasteiger partial charge in [0.05, 0.1) is 5.70 Å². The largest absolute Gasteiger partial charge is 0.389 e. The highest BCUT2D eigenvalue weighted by molar-refractivity contribution is 5.55. The molecule has 0 heterocycles. The minimum Gasteiger partial charge on any atom is -0.389 e. The van der Waals surface area contributed by atoms with Gasteiger partial charge in [-0.2, -0.15) is 0 Å². The molecule has 3 heteroatoms. The van der Waals surface area contributed by atoms with Crippen LogP contribution in [0.2, 0.25) is 0 Å². The molecule has 0 atom stereocenters. The molecular weight excluding hydrogens is 186 g/mol. The van der Waals surface area contributed by atoms with Crippen LogP contribution >= 0.6 is 0 Å². The summed E-state index contributed by atoms with van der Waals surface area (Å²) in [6.45, 7) is 0. The summed E-state index contributed by atoms with van der Waals surface area (Å²) in [6.07, 6.45) is 3.06. The van der Waals surface area contributed by atoms with Crippen molar-refractivity contribution in [1.82, 2.24) is 16.0 Å². The Balaban J connectivity index is 2.86. The molecule has 0 spiro atoms. The molecule has 0 aliphatic rings. The average Bonchev–Trinajstić information content (AvgIpc) is 2.30. The van der Waals surface area contributed by atoms with Crippen LogP contribution in [0.1, 0.15) is 5.56 Å². The zero-order valence-corrected chi connectivity index (χ0v) is 9.46. The number of rotatable bonds is 5. The third-order valence-electron chi connectivity index (χ3n) is 2.15. The highest BCUT2D eigenvalue weighted by Gasteiger charge is 2.08. The van der Waals surface area contributed by atoms with E-state index in [4.69, 9.17) is 0 Å². The molecular formula is C12H18N3. The van der Waals surface area contributed by atoms with Gasteiger partial charge in [-0.15, -0.1) is 0 Å². The molecule has 81 valence electrons. The quantitative estimate of drug-likeness (QED) is 0.674. The Kier molecular flexibility index (Phi) is 4.87. The molecule has 0 bridgehead atoms. The van der Waals surface area contributed by atoms with E-state index in [1.807, 2.05) is 39.3 Å². The van der Waals surface area contributed by atoms with Crippen LogP contribution in [0, 0.1) is 6.17 Å². The minimum absolute atomic E-state index is 0.973. The van der Waals surface area contributed by atoms with Crippen molar-refractivity contribution >= 4 is 6.08 Å². The lowest BCUT2D eigenvalue weighted by atomic mass is 10.1. The summed E-state index contributed by atoms with van der Waals surface area (Å²) in [6, 6.07) is 10.2. The second-order valence-corrected chi connectivity index (χ2v) is 3.09. The number of hydrogen-bond acceptors (Lipinski definition) is 3. The molecule has 0 saturated heterocycles. The fourth-order valence-corrected chi connectivity index (χ4v) is 1.38. The minimum atomic E-state index is 0.973. The Bertz CT molecular complexity index is 302. The van der Waals surface area contributed by atoms with Crippen LogP contribution < -0.4 is 16.0 Å². The molecule has 0 aliphatic carbocycles. The van der Waals surface area contributed by atoms with E-state index in [2.05, 4.69) is 34.2 Å². The molecule has 15 heavy (non-hydrogen) atoms. The number of benzene rings is 1. The molecule has 0 aliphatic heterocycles. The van der Waals surface area contributed by atoms with E-state index in [1.165, 1.54) is 5.56 Å². The van der Waals surface area contributed by atoms with E-state index < -0.39 is 0 Å². The van der Waals surface area contributed by atoms with E-state index in [-0.39, 0.29) is 0 Å². The van der Waals surface area contributed by atoms with E-state index in [0.29, 0.717) is 0 Å². The van der Waals surface area contributed by atoms with Crippen molar-refractivity contribution < 1.29 is 0 Å². The molecule has 0 unspecified atom stereocenters. The van der Waals surface area contributed by atoms with Gasteiger partial charge in [-0.05, 0) is 25.7 Å². The SMILES string of the molecule is CN[C](NC)C(=Cc1ccccc1)NC. The van der Waals surface area contributed by atoms with Crippen molar-refractivity contribution in [3.05, 3.63) is 47.8 Å². The molecule has 1 aromatic rings. The Hall–Kier alpha value is -1.32. The first-order valence-electron chi connectivity index (χ1n) is 4.99. The van der Waals surface area contributed by atoms with Crippen molar-refractivity contribution in [2.45, 2.75) is 0 Å². The van der Waals surface area contributed by atoms with Gasteiger partial charge in [0.15, 0.2) is 0 Å². The molecule has 1 aromatic carbocycles. The van der Waals surface area contributed by atoms with Gasteiger partial charge < -0.3 is 5.32 Å². The van der Waals surface area contributed by atoms with Gasteiger partial charge in [0.2, 0.25) is 0 Å². The summed E-state index contributed by atoms with van der Waals surface area (Å²) >= 11 is 0. The van der Waals surface area contributed by atoms with Gasteiger partial charge in [-0.25, -0.2) is 0 Å². The zero-order chi connectivity index (χ0) is 11.1. The van der Waals surface area contributed by atoms with Crippen molar-refractivity contribution in [2.24, 2.45) is 0 Å². The molecule has 1 rings (SSSR count). The van der Waals surface area contributed by atoms with Gasteiger partial charge in [-0.1, -0.05) is 30.3 Å². The number of nitrogens with one attached hydrogen (secondary N) is 3. The Morgan fingerprint density at radius 1 is 0.933 bits per heavy atom. The van der Waals surface area contributed by atoms with Crippen LogP contribution in [-0.2, 0) is 0 Å². The molecule has 1 radical (unpaired) electrons. The summed E-state index contributed by atoms with van der Waals surface area (Å²) in [5, 5.41) is 9.35. The molecule has 0 saturated carbocycles. The topological polar surface area (TPSA) is 36.1 Å². The monoisotopic (exact) mass is 204 g/mol. The van der Waals surface area contributed by atoms with Crippen molar-refractivity contribution in [2.75, 3.05) is 21.1 Å². The Labute approximate surface area is 91.6 Å². The molecule has 3 nitrogen and oxygen atoms in total. The second kappa shape index (κ2) is 6.22. The number of likely N-dealkylation sites (N-methyl/N-ethyl adjacent to an activating group) is 3. The van der Waals surface area contributed by atoms with Crippen LogP contribution in [0.5, 0.6) is 0 Å². The predicted octanol–water partition coefficient (Wildman–Crippen LogP) is 1.18. The zero-order valence-electron chi connectivity index (χ0n) is 9.46. The average molecular weight is 204 g/mol. The molecule has 3 N–H and O–H groups in total. The predicted molar refractivity (Wildman–Crippen MR) is 64.8 cm³/mol. The highest BCUT2D eigenvalue weighted by atomic mass is 15.1. The fourth-order valence-electron chi connectivity index (χ4n) is 1.38. The Morgan fingerprint density at radius 2 is 1.53 bits per heavy atom. The van der Waals surface area contributed by atoms with Gasteiger partial charge in [0, 0.05) is 7.05 Å². The van der Waals surface area contributed by atoms with Gasteiger partial charge >= 0.3 is 0 Å². The van der Waals surface area contributed by atoms with Crippen LogP contribution in [-0.4, -0.2) is 21.1 Å². The summed E-state index contributed by atoms with van der Waals surface area (Å²) < 4.78 is 0. The summed E-state index contributed by atoms with van der Waals surface area (Å²) in [4.78, 5) is 0. The van der Waals surface area contributed by atoms with Crippen molar-refractivity contribution in [1.29, 1.82) is 0 Å². The lowest BCUT2D eigenvalue weighted by molar-refractivity contribution is 0.679.